The van der Waals surface area contributed by atoms with Crippen molar-refractivity contribution in [2.45, 2.75) is 19.3 Å². The van der Waals surface area contributed by atoms with E-state index in [1.165, 1.54) is 0 Å². The van der Waals surface area contributed by atoms with Gasteiger partial charge in [-0.3, -0.25) is 4.79 Å². The molecule has 1 amide bonds. The summed E-state index contributed by atoms with van der Waals surface area (Å²) in [5, 5.41) is 0. The van der Waals surface area contributed by atoms with Crippen molar-refractivity contribution in [1.29, 1.82) is 0 Å². The van der Waals surface area contributed by atoms with Crippen molar-refractivity contribution >= 4 is 29.2 Å². The number of amides is 1. The smallest absolute Gasteiger partial charge is 0.226 e. The average molecular weight is 274 g/mol. The monoisotopic (exact) mass is 274 g/mol. The number of carbonyl (C=O) groups excluding carboxylic acids is 1. The van der Waals surface area contributed by atoms with Gasteiger partial charge < -0.3 is 22.1 Å². The predicted octanol–water partition coefficient (Wildman–Crippen LogP) is 0.423. The Hall–Kier alpha value is -2.57. The van der Waals surface area contributed by atoms with E-state index in [9.17, 15) is 4.79 Å². The van der Waals surface area contributed by atoms with Gasteiger partial charge in [-0.1, -0.05) is 0 Å². The van der Waals surface area contributed by atoms with Gasteiger partial charge in [0.15, 0.2) is 5.96 Å². The van der Waals surface area contributed by atoms with E-state index in [2.05, 4.69) is 9.98 Å². The maximum absolute atomic E-state index is 11.8. The molecular formula is C13H18N6O. The van der Waals surface area contributed by atoms with Crippen molar-refractivity contribution in [1.82, 2.24) is 0 Å². The van der Waals surface area contributed by atoms with E-state index in [-0.39, 0.29) is 17.8 Å². The lowest BCUT2D eigenvalue weighted by Gasteiger charge is -2.26. The standard InChI is InChI=1S/C13H18N6O/c14-12(15)18-13(16)17-9-4-6-10(7-5-9)19-8-2-1-3-11(19)20/h4-7H,1-3,8H2,(H6,14,15,16,17,18). The number of benzene rings is 1. The first-order valence-electron chi connectivity index (χ1n) is 6.40. The number of anilines is 1. The van der Waals surface area contributed by atoms with E-state index >= 15 is 0 Å². The average Bonchev–Trinajstić information content (AvgIpc) is 2.39. The normalized spacial score (nSPS) is 16.1. The van der Waals surface area contributed by atoms with Crippen LogP contribution in [0.4, 0.5) is 11.4 Å². The largest absolute Gasteiger partial charge is 0.370 e. The molecule has 0 radical (unpaired) electrons. The predicted molar refractivity (Wildman–Crippen MR) is 79.7 cm³/mol. The number of nitrogens with two attached hydrogens (primary N) is 3. The molecule has 1 aromatic carbocycles. The molecule has 2 rings (SSSR count). The molecule has 1 aromatic rings. The van der Waals surface area contributed by atoms with E-state index in [0.29, 0.717) is 12.1 Å². The Kier molecular flexibility index (Phi) is 4.19. The summed E-state index contributed by atoms with van der Waals surface area (Å²) >= 11 is 0. The Morgan fingerprint density at radius 2 is 1.80 bits per heavy atom. The third kappa shape index (κ3) is 3.47. The minimum Gasteiger partial charge on any atom is -0.370 e. The Morgan fingerprint density at radius 3 is 2.40 bits per heavy atom. The Morgan fingerprint density at radius 1 is 1.10 bits per heavy atom. The number of hydrogen-bond donors (Lipinski definition) is 3. The highest BCUT2D eigenvalue weighted by Gasteiger charge is 2.19. The maximum Gasteiger partial charge on any atom is 0.226 e. The number of nitrogens with zero attached hydrogens (tertiary/aromatic N) is 3. The second-order valence-electron chi connectivity index (χ2n) is 4.53. The minimum absolute atomic E-state index is 0.00759. The van der Waals surface area contributed by atoms with Crippen LogP contribution in [-0.2, 0) is 4.79 Å². The molecule has 0 saturated carbocycles. The molecule has 106 valence electrons. The third-order valence-electron chi connectivity index (χ3n) is 2.97. The molecule has 1 fully saturated rings. The van der Waals surface area contributed by atoms with Crippen LogP contribution < -0.4 is 22.1 Å². The van der Waals surface area contributed by atoms with Gasteiger partial charge in [0.05, 0.1) is 5.69 Å². The highest BCUT2D eigenvalue weighted by molar-refractivity contribution is 5.95. The molecule has 1 aliphatic rings. The first-order chi connectivity index (χ1) is 9.56. The summed E-state index contributed by atoms with van der Waals surface area (Å²) in [6.45, 7) is 0.761. The van der Waals surface area contributed by atoms with Gasteiger partial charge in [0, 0.05) is 18.7 Å². The Balaban J connectivity index is 2.14. The van der Waals surface area contributed by atoms with Crippen LogP contribution in [0.25, 0.3) is 0 Å². The van der Waals surface area contributed by atoms with Crippen LogP contribution in [0.2, 0.25) is 0 Å². The first-order valence-corrected chi connectivity index (χ1v) is 6.40. The summed E-state index contributed by atoms with van der Waals surface area (Å²) in [4.78, 5) is 21.3. The zero-order chi connectivity index (χ0) is 14.5. The summed E-state index contributed by atoms with van der Waals surface area (Å²) in [6, 6.07) is 7.22. The van der Waals surface area contributed by atoms with Crippen LogP contribution >= 0.6 is 0 Å². The molecule has 0 bridgehead atoms. The lowest BCUT2D eigenvalue weighted by atomic mass is 10.1. The van der Waals surface area contributed by atoms with Crippen molar-refractivity contribution in [2.24, 2.45) is 27.2 Å². The van der Waals surface area contributed by atoms with Gasteiger partial charge >= 0.3 is 0 Å². The lowest BCUT2D eigenvalue weighted by Crippen LogP contribution is -2.35. The molecule has 1 heterocycles. The molecule has 20 heavy (non-hydrogen) atoms. The lowest BCUT2D eigenvalue weighted by molar-refractivity contribution is -0.119. The van der Waals surface area contributed by atoms with Crippen molar-refractivity contribution in [3.63, 3.8) is 0 Å². The number of carbonyl (C=O) groups is 1. The molecule has 1 saturated heterocycles. The second-order valence-corrected chi connectivity index (χ2v) is 4.53. The van der Waals surface area contributed by atoms with Gasteiger partial charge in [0.2, 0.25) is 11.9 Å². The SMILES string of the molecule is NC(N)=NC(N)=Nc1ccc(N2CCCCC2=O)cc1. The Labute approximate surface area is 117 Å². The van der Waals surface area contributed by atoms with E-state index < -0.39 is 0 Å². The van der Waals surface area contributed by atoms with Crippen molar-refractivity contribution < 1.29 is 4.79 Å². The molecule has 7 heteroatoms. The van der Waals surface area contributed by atoms with Crippen molar-refractivity contribution in [3.05, 3.63) is 24.3 Å². The molecule has 7 nitrogen and oxygen atoms in total. The van der Waals surface area contributed by atoms with Gasteiger partial charge in [-0.05, 0) is 37.1 Å². The number of rotatable bonds is 2. The van der Waals surface area contributed by atoms with Crippen LogP contribution in [-0.4, -0.2) is 24.4 Å². The van der Waals surface area contributed by atoms with Crippen LogP contribution in [0.1, 0.15) is 19.3 Å². The summed E-state index contributed by atoms with van der Waals surface area (Å²) in [5.41, 5.74) is 17.5. The van der Waals surface area contributed by atoms with Crippen LogP contribution in [0.5, 0.6) is 0 Å². The van der Waals surface area contributed by atoms with Gasteiger partial charge in [-0.25, -0.2) is 4.99 Å². The summed E-state index contributed by atoms with van der Waals surface area (Å²) in [6.07, 6.45) is 2.60. The fraction of sp³-hybridized carbons (Fsp3) is 0.308. The van der Waals surface area contributed by atoms with Crippen molar-refractivity contribution in [2.75, 3.05) is 11.4 Å². The van der Waals surface area contributed by atoms with Crippen molar-refractivity contribution in [3.8, 4) is 0 Å². The fourth-order valence-electron chi connectivity index (χ4n) is 2.08. The number of hydrogen-bond acceptors (Lipinski definition) is 2. The van der Waals surface area contributed by atoms with Gasteiger partial charge in [0.1, 0.15) is 0 Å². The van der Waals surface area contributed by atoms with Gasteiger partial charge in [-0.15, -0.1) is 0 Å². The number of aliphatic imine (C=N–C) groups is 2. The molecule has 1 aliphatic heterocycles. The molecule has 0 aliphatic carbocycles. The van der Waals surface area contributed by atoms with Crippen LogP contribution in [0.3, 0.4) is 0 Å². The fourth-order valence-corrected chi connectivity index (χ4v) is 2.08. The van der Waals surface area contributed by atoms with Gasteiger partial charge in [0.25, 0.3) is 0 Å². The molecule has 0 atom stereocenters. The van der Waals surface area contributed by atoms with E-state index in [0.717, 1.165) is 25.1 Å². The number of piperidine rings is 1. The van der Waals surface area contributed by atoms with Crippen LogP contribution in [0, 0.1) is 0 Å². The topological polar surface area (TPSA) is 123 Å². The highest BCUT2D eigenvalue weighted by Crippen LogP contribution is 2.23. The number of guanidine groups is 2. The quantitative estimate of drug-likeness (QED) is 0.534. The molecule has 0 spiro atoms. The molecule has 0 aromatic heterocycles. The summed E-state index contributed by atoms with van der Waals surface area (Å²) in [5.74, 6) is 0.0149. The van der Waals surface area contributed by atoms with E-state index in [4.69, 9.17) is 17.2 Å². The maximum atomic E-state index is 11.8. The summed E-state index contributed by atoms with van der Waals surface area (Å²) in [7, 11) is 0. The van der Waals surface area contributed by atoms with E-state index in [1.807, 2.05) is 12.1 Å². The summed E-state index contributed by atoms with van der Waals surface area (Å²) < 4.78 is 0. The zero-order valence-corrected chi connectivity index (χ0v) is 11.1. The highest BCUT2D eigenvalue weighted by atomic mass is 16.2. The zero-order valence-electron chi connectivity index (χ0n) is 11.1. The third-order valence-corrected chi connectivity index (χ3v) is 2.97. The molecular weight excluding hydrogens is 256 g/mol. The molecule has 6 N–H and O–H groups in total. The molecule has 0 unspecified atom stereocenters. The Bertz CT molecular complexity index is 544. The van der Waals surface area contributed by atoms with E-state index in [1.54, 1.807) is 17.0 Å². The van der Waals surface area contributed by atoms with Crippen LogP contribution in [0.15, 0.2) is 34.3 Å². The second kappa shape index (κ2) is 6.05. The first kappa shape index (κ1) is 13.9. The van der Waals surface area contributed by atoms with Gasteiger partial charge in [-0.2, -0.15) is 4.99 Å². The minimum atomic E-state index is -0.137.